The number of hydrogen-bond donors (Lipinski definition) is 1. The predicted molar refractivity (Wildman–Crippen MR) is 98.7 cm³/mol. The summed E-state index contributed by atoms with van der Waals surface area (Å²) in [6.07, 6.45) is 6.82. The average Bonchev–Trinajstić information content (AvgIpc) is 3.22. The van der Waals surface area contributed by atoms with Gasteiger partial charge in [-0.15, -0.1) is 0 Å². The highest BCUT2D eigenvalue weighted by Crippen LogP contribution is 2.31. The molecule has 0 atom stereocenters. The Balaban J connectivity index is 1.40. The molecule has 1 amide bonds. The summed E-state index contributed by atoms with van der Waals surface area (Å²) in [5.74, 6) is 1.23. The molecule has 0 fully saturated rings. The summed E-state index contributed by atoms with van der Waals surface area (Å²) in [6.45, 7) is 1.10. The maximum atomic E-state index is 12.1. The third-order valence-electron chi connectivity index (χ3n) is 3.90. The second kappa shape index (κ2) is 7.14. The Morgan fingerprint density at radius 1 is 1.08 bits per heavy atom. The lowest BCUT2D eigenvalue weighted by atomic mass is 10.2. The zero-order valence-electron chi connectivity index (χ0n) is 14.0. The van der Waals surface area contributed by atoms with E-state index < -0.39 is 0 Å². The number of aromatic nitrogens is 2. The van der Waals surface area contributed by atoms with Gasteiger partial charge in [0.05, 0.1) is 5.69 Å². The first-order valence-electron chi connectivity index (χ1n) is 8.27. The molecule has 1 aliphatic heterocycles. The van der Waals surface area contributed by atoms with Crippen molar-refractivity contribution in [1.82, 2.24) is 9.78 Å². The number of ether oxygens (including phenoxy) is 2. The van der Waals surface area contributed by atoms with Gasteiger partial charge in [-0.2, -0.15) is 5.10 Å². The quantitative estimate of drug-likeness (QED) is 0.736. The van der Waals surface area contributed by atoms with E-state index in [1.165, 1.54) is 6.08 Å². The first-order valence-corrected chi connectivity index (χ1v) is 8.27. The Kier molecular flexibility index (Phi) is 4.38. The number of fused-ring (bicyclic) bond motifs is 1. The summed E-state index contributed by atoms with van der Waals surface area (Å²) in [6, 6.07) is 14.9. The van der Waals surface area contributed by atoms with Crippen molar-refractivity contribution in [3.05, 3.63) is 72.6 Å². The summed E-state index contributed by atoms with van der Waals surface area (Å²) < 4.78 is 12.8. The Hall–Kier alpha value is -3.54. The number of benzene rings is 2. The zero-order valence-corrected chi connectivity index (χ0v) is 14.0. The van der Waals surface area contributed by atoms with Crippen LogP contribution in [0.5, 0.6) is 11.5 Å². The van der Waals surface area contributed by atoms with E-state index in [-0.39, 0.29) is 5.91 Å². The molecule has 3 aromatic rings. The topological polar surface area (TPSA) is 65.4 Å². The van der Waals surface area contributed by atoms with Crippen molar-refractivity contribution < 1.29 is 14.3 Å². The van der Waals surface area contributed by atoms with E-state index in [2.05, 4.69) is 10.4 Å². The lowest BCUT2D eigenvalue weighted by Gasteiger charge is -2.18. The molecule has 26 heavy (non-hydrogen) atoms. The minimum atomic E-state index is -0.202. The first-order chi connectivity index (χ1) is 12.8. The third-order valence-corrected chi connectivity index (χ3v) is 3.90. The first kappa shape index (κ1) is 16.0. The molecule has 2 heterocycles. The molecule has 0 saturated heterocycles. The number of carbonyl (C=O) groups is 1. The average molecular weight is 347 g/mol. The Labute approximate surface area is 150 Å². The van der Waals surface area contributed by atoms with Gasteiger partial charge >= 0.3 is 0 Å². The minimum absolute atomic E-state index is 0.202. The number of anilines is 1. The van der Waals surface area contributed by atoms with E-state index in [0.29, 0.717) is 19.0 Å². The predicted octanol–water partition coefficient (Wildman–Crippen LogP) is 3.30. The fourth-order valence-corrected chi connectivity index (χ4v) is 2.64. The summed E-state index contributed by atoms with van der Waals surface area (Å²) in [5, 5.41) is 7.01. The lowest BCUT2D eigenvalue weighted by Crippen LogP contribution is -2.15. The van der Waals surface area contributed by atoms with Crippen molar-refractivity contribution in [1.29, 1.82) is 0 Å². The largest absolute Gasteiger partial charge is 0.486 e. The zero-order chi connectivity index (χ0) is 17.8. The van der Waals surface area contributed by atoms with Crippen LogP contribution in [-0.4, -0.2) is 28.9 Å². The van der Waals surface area contributed by atoms with E-state index in [1.54, 1.807) is 17.0 Å². The van der Waals surface area contributed by atoms with Gasteiger partial charge in [0.1, 0.15) is 13.2 Å². The fourth-order valence-electron chi connectivity index (χ4n) is 2.64. The molecule has 130 valence electrons. The van der Waals surface area contributed by atoms with Crippen LogP contribution in [0.1, 0.15) is 5.56 Å². The van der Waals surface area contributed by atoms with E-state index in [9.17, 15) is 4.79 Å². The van der Waals surface area contributed by atoms with Gasteiger partial charge < -0.3 is 14.8 Å². The number of rotatable bonds is 4. The van der Waals surface area contributed by atoms with Gasteiger partial charge in [0, 0.05) is 24.2 Å². The maximum Gasteiger partial charge on any atom is 0.248 e. The molecule has 0 radical (unpaired) electrons. The van der Waals surface area contributed by atoms with Gasteiger partial charge in [-0.25, -0.2) is 4.68 Å². The molecular weight excluding hydrogens is 330 g/mol. The molecule has 1 N–H and O–H groups in total. The molecule has 0 saturated carbocycles. The summed E-state index contributed by atoms with van der Waals surface area (Å²) in [4.78, 5) is 12.1. The van der Waals surface area contributed by atoms with Crippen LogP contribution in [-0.2, 0) is 4.79 Å². The second-order valence-corrected chi connectivity index (χ2v) is 5.72. The van der Waals surface area contributed by atoms with Gasteiger partial charge in [0.25, 0.3) is 0 Å². The number of carbonyl (C=O) groups excluding carboxylic acids is 1. The van der Waals surface area contributed by atoms with E-state index in [1.807, 2.05) is 54.7 Å². The van der Waals surface area contributed by atoms with Gasteiger partial charge in [-0.05, 0) is 54.1 Å². The van der Waals surface area contributed by atoms with Crippen LogP contribution >= 0.6 is 0 Å². The fraction of sp³-hybridized carbons (Fsp3) is 0.100. The van der Waals surface area contributed by atoms with E-state index in [4.69, 9.17) is 9.47 Å². The molecule has 1 aliphatic rings. The van der Waals surface area contributed by atoms with Crippen LogP contribution in [0.15, 0.2) is 67.0 Å². The number of amides is 1. The smallest absolute Gasteiger partial charge is 0.248 e. The molecule has 1 aromatic heterocycles. The molecular formula is C20H17N3O3. The molecule has 2 aromatic carbocycles. The third kappa shape index (κ3) is 3.59. The van der Waals surface area contributed by atoms with Gasteiger partial charge in [0.2, 0.25) is 5.91 Å². The van der Waals surface area contributed by atoms with Crippen molar-refractivity contribution >= 4 is 17.7 Å². The molecule has 0 unspecified atom stereocenters. The summed E-state index contributed by atoms with van der Waals surface area (Å²) in [5.41, 5.74) is 2.52. The Morgan fingerprint density at radius 2 is 1.88 bits per heavy atom. The molecule has 0 aliphatic carbocycles. The highest BCUT2D eigenvalue weighted by molar-refractivity contribution is 6.02. The van der Waals surface area contributed by atoms with E-state index in [0.717, 1.165) is 22.7 Å². The van der Waals surface area contributed by atoms with Crippen LogP contribution in [0.4, 0.5) is 5.69 Å². The van der Waals surface area contributed by atoms with Crippen molar-refractivity contribution in [3.63, 3.8) is 0 Å². The molecule has 4 rings (SSSR count). The highest BCUT2D eigenvalue weighted by Gasteiger charge is 2.10. The van der Waals surface area contributed by atoms with Crippen molar-refractivity contribution in [2.75, 3.05) is 18.5 Å². The highest BCUT2D eigenvalue weighted by atomic mass is 16.6. The molecule has 0 spiro atoms. The number of hydrogen-bond acceptors (Lipinski definition) is 4. The minimum Gasteiger partial charge on any atom is -0.486 e. The number of nitrogens with one attached hydrogen (secondary N) is 1. The molecule has 6 heteroatoms. The van der Waals surface area contributed by atoms with Crippen molar-refractivity contribution in [2.24, 2.45) is 0 Å². The lowest BCUT2D eigenvalue weighted by molar-refractivity contribution is -0.111. The van der Waals surface area contributed by atoms with Crippen LogP contribution in [0, 0.1) is 0 Å². The monoisotopic (exact) mass is 347 g/mol. The normalized spacial score (nSPS) is 12.9. The van der Waals surface area contributed by atoms with Gasteiger partial charge in [-0.1, -0.05) is 6.07 Å². The Bertz CT molecular complexity index is 931. The van der Waals surface area contributed by atoms with Crippen molar-refractivity contribution in [3.8, 4) is 17.2 Å². The van der Waals surface area contributed by atoms with E-state index >= 15 is 0 Å². The van der Waals surface area contributed by atoms with Crippen molar-refractivity contribution in [2.45, 2.75) is 0 Å². The standard InChI is InChI=1S/C20H17N3O3/c24-20(9-3-15-2-8-18-19(14-15)26-13-12-25-18)22-16-4-6-17(7-5-16)23-11-1-10-21-23/h1-11,14H,12-13H2,(H,22,24)/b9-3+. The molecule has 6 nitrogen and oxygen atoms in total. The summed E-state index contributed by atoms with van der Waals surface area (Å²) in [7, 11) is 0. The molecule has 0 bridgehead atoms. The SMILES string of the molecule is O=C(/C=C/c1ccc2c(c1)OCCO2)Nc1ccc(-n2cccn2)cc1. The van der Waals surface area contributed by atoms with Crippen LogP contribution in [0.2, 0.25) is 0 Å². The van der Waals surface area contributed by atoms with Gasteiger partial charge in [-0.3, -0.25) is 4.79 Å². The van der Waals surface area contributed by atoms with Crippen LogP contribution in [0.3, 0.4) is 0 Å². The van der Waals surface area contributed by atoms with Crippen LogP contribution < -0.4 is 14.8 Å². The van der Waals surface area contributed by atoms with Crippen LogP contribution in [0.25, 0.3) is 11.8 Å². The Morgan fingerprint density at radius 3 is 2.65 bits per heavy atom. The summed E-state index contributed by atoms with van der Waals surface area (Å²) >= 11 is 0. The maximum absolute atomic E-state index is 12.1. The number of nitrogens with zero attached hydrogens (tertiary/aromatic N) is 2. The van der Waals surface area contributed by atoms with Gasteiger partial charge in [0.15, 0.2) is 11.5 Å². The second-order valence-electron chi connectivity index (χ2n) is 5.72.